The van der Waals surface area contributed by atoms with E-state index in [1.165, 1.54) is 6.33 Å². The Morgan fingerprint density at radius 2 is 1.69 bits per heavy atom. The molecule has 0 aliphatic heterocycles. The quantitative estimate of drug-likeness (QED) is 0.561. The largest absolute Gasteiger partial charge is 0.457 e. The monoisotopic (exact) mass is 349 g/mol. The summed E-state index contributed by atoms with van der Waals surface area (Å²) in [7, 11) is 0. The standard InChI is InChI=1S/C19H19N5O2/c20-10-11-22-19-16(18(21)23-12-24-19)17(25)13-6-8-15(9-7-13)26-14-4-2-1-3-5-14/h1-9,12H,10-11,20H2,(H3,21,22,23,24). The molecule has 26 heavy (non-hydrogen) atoms. The molecule has 0 spiro atoms. The Labute approximate surface area is 151 Å². The first-order chi connectivity index (χ1) is 12.7. The van der Waals surface area contributed by atoms with Gasteiger partial charge in [-0.25, -0.2) is 9.97 Å². The third-order valence-corrected chi connectivity index (χ3v) is 3.64. The van der Waals surface area contributed by atoms with E-state index in [-0.39, 0.29) is 17.2 Å². The molecule has 3 rings (SSSR count). The Morgan fingerprint density at radius 1 is 1.00 bits per heavy atom. The molecular formula is C19H19N5O2. The number of carbonyl (C=O) groups is 1. The highest BCUT2D eigenvalue weighted by Crippen LogP contribution is 2.25. The first kappa shape index (κ1) is 17.4. The van der Waals surface area contributed by atoms with Crippen molar-refractivity contribution in [3.8, 4) is 11.5 Å². The zero-order valence-electron chi connectivity index (χ0n) is 14.1. The Hall–Kier alpha value is -3.45. The number of hydrogen-bond donors (Lipinski definition) is 3. The summed E-state index contributed by atoms with van der Waals surface area (Å²) in [5.74, 6) is 1.58. The molecule has 0 radical (unpaired) electrons. The fourth-order valence-electron chi connectivity index (χ4n) is 2.39. The molecular weight excluding hydrogens is 330 g/mol. The minimum absolute atomic E-state index is 0.120. The summed E-state index contributed by atoms with van der Waals surface area (Å²) in [6, 6.07) is 16.2. The van der Waals surface area contributed by atoms with E-state index in [0.717, 1.165) is 5.75 Å². The van der Waals surface area contributed by atoms with Gasteiger partial charge in [0.05, 0.1) is 0 Å². The second-order valence-electron chi connectivity index (χ2n) is 5.47. The molecule has 132 valence electrons. The zero-order valence-corrected chi connectivity index (χ0v) is 14.1. The van der Waals surface area contributed by atoms with E-state index in [9.17, 15) is 4.79 Å². The van der Waals surface area contributed by atoms with Gasteiger partial charge in [-0.1, -0.05) is 18.2 Å². The van der Waals surface area contributed by atoms with Gasteiger partial charge in [0.25, 0.3) is 0 Å². The average Bonchev–Trinajstić information content (AvgIpc) is 2.67. The first-order valence-corrected chi connectivity index (χ1v) is 8.11. The SMILES string of the molecule is NCCNc1ncnc(N)c1C(=O)c1ccc(Oc2ccccc2)cc1. The summed E-state index contributed by atoms with van der Waals surface area (Å²) < 4.78 is 5.73. The fourth-order valence-corrected chi connectivity index (χ4v) is 2.39. The van der Waals surface area contributed by atoms with E-state index in [1.54, 1.807) is 24.3 Å². The lowest BCUT2D eigenvalue weighted by molar-refractivity contribution is 0.103. The molecule has 1 aromatic heterocycles. The molecule has 0 unspecified atom stereocenters. The number of rotatable bonds is 7. The van der Waals surface area contributed by atoms with Crippen LogP contribution in [0.3, 0.4) is 0 Å². The van der Waals surface area contributed by atoms with Crippen LogP contribution in [0.5, 0.6) is 11.5 Å². The van der Waals surface area contributed by atoms with Gasteiger partial charge in [0.1, 0.15) is 35.0 Å². The molecule has 7 nitrogen and oxygen atoms in total. The summed E-state index contributed by atoms with van der Waals surface area (Å²) in [5, 5.41) is 3.00. The van der Waals surface area contributed by atoms with Gasteiger partial charge < -0.3 is 21.5 Å². The molecule has 3 aromatic rings. The van der Waals surface area contributed by atoms with Gasteiger partial charge in [-0.3, -0.25) is 4.79 Å². The molecule has 0 fully saturated rings. The van der Waals surface area contributed by atoms with Crippen LogP contribution >= 0.6 is 0 Å². The number of nitrogens with zero attached hydrogens (tertiary/aromatic N) is 2. The van der Waals surface area contributed by atoms with Crippen molar-refractivity contribution in [1.29, 1.82) is 0 Å². The van der Waals surface area contributed by atoms with Crippen LogP contribution in [0.1, 0.15) is 15.9 Å². The normalized spacial score (nSPS) is 10.3. The number of carbonyl (C=O) groups excluding carboxylic acids is 1. The average molecular weight is 349 g/mol. The van der Waals surface area contributed by atoms with Crippen LogP contribution in [0.2, 0.25) is 0 Å². The lowest BCUT2D eigenvalue weighted by Crippen LogP contribution is -2.18. The van der Waals surface area contributed by atoms with Crippen molar-refractivity contribution in [2.24, 2.45) is 5.73 Å². The van der Waals surface area contributed by atoms with Gasteiger partial charge in [-0.15, -0.1) is 0 Å². The van der Waals surface area contributed by atoms with Crippen LogP contribution < -0.4 is 21.5 Å². The maximum atomic E-state index is 12.8. The number of benzene rings is 2. The van der Waals surface area contributed by atoms with Crippen LogP contribution in [-0.4, -0.2) is 28.8 Å². The van der Waals surface area contributed by atoms with E-state index in [0.29, 0.717) is 30.2 Å². The van der Waals surface area contributed by atoms with E-state index in [4.69, 9.17) is 16.2 Å². The molecule has 5 N–H and O–H groups in total. The van der Waals surface area contributed by atoms with Crippen molar-refractivity contribution < 1.29 is 9.53 Å². The summed E-state index contributed by atoms with van der Waals surface area (Å²) in [5.41, 5.74) is 12.1. The van der Waals surface area contributed by atoms with Crippen molar-refractivity contribution >= 4 is 17.4 Å². The predicted molar refractivity (Wildman–Crippen MR) is 100 cm³/mol. The highest BCUT2D eigenvalue weighted by atomic mass is 16.5. The van der Waals surface area contributed by atoms with Crippen LogP contribution in [0, 0.1) is 0 Å². The van der Waals surface area contributed by atoms with Gasteiger partial charge in [-0.2, -0.15) is 0 Å². The minimum Gasteiger partial charge on any atom is -0.457 e. The molecule has 2 aromatic carbocycles. The van der Waals surface area contributed by atoms with E-state index in [1.807, 2.05) is 30.3 Å². The minimum atomic E-state index is -0.270. The Morgan fingerprint density at radius 3 is 2.38 bits per heavy atom. The third-order valence-electron chi connectivity index (χ3n) is 3.64. The Kier molecular flexibility index (Phi) is 5.40. The number of anilines is 2. The highest BCUT2D eigenvalue weighted by molar-refractivity contribution is 6.14. The topological polar surface area (TPSA) is 116 Å². The molecule has 0 saturated heterocycles. The number of ether oxygens (including phenoxy) is 1. The van der Waals surface area contributed by atoms with Crippen LogP contribution in [0.25, 0.3) is 0 Å². The Balaban J connectivity index is 1.82. The maximum absolute atomic E-state index is 12.8. The number of nitrogens with one attached hydrogen (secondary N) is 1. The van der Waals surface area contributed by atoms with Gasteiger partial charge in [0.15, 0.2) is 5.78 Å². The number of aromatic nitrogens is 2. The van der Waals surface area contributed by atoms with Gasteiger partial charge in [0, 0.05) is 18.7 Å². The van der Waals surface area contributed by atoms with Crippen LogP contribution in [0.4, 0.5) is 11.6 Å². The molecule has 1 heterocycles. The number of ketones is 1. The third kappa shape index (κ3) is 3.96. The molecule has 0 aliphatic rings. The highest BCUT2D eigenvalue weighted by Gasteiger charge is 2.19. The second-order valence-corrected chi connectivity index (χ2v) is 5.47. The van der Waals surface area contributed by atoms with Crippen molar-refractivity contribution in [2.75, 3.05) is 24.1 Å². The lowest BCUT2D eigenvalue weighted by Gasteiger charge is -2.11. The fraction of sp³-hybridized carbons (Fsp3) is 0.105. The first-order valence-electron chi connectivity index (χ1n) is 8.11. The molecule has 0 bridgehead atoms. The van der Waals surface area contributed by atoms with Crippen molar-refractivity contribution in [3.63, 3.8) is 0 Å². The van der Waals surface area contributed by atoms with Crippen LogP contribution in [-0.2, 0) is 0 Å². The summed E-state index contributed by atoms with van der Waals surface area (Å²) in [6.07, 6.45) is 1.31. The van der Waals surface area contributed by atoms with Crippen molar-refractivity contribution in [1.82, 2.24) is 9.97 Å². The lowest BCUT2D eigenvalue weighted by atomic mass is 10.0. The Bertz CT molecular complexity index is 882. The molecule has 7 heteroatoms. The molecule has 0 saturated carbocycles. The van der Waals surface area contributed by atoms with Crippen molar-refractivity contribution in [3.05, 3.63) is 72.1 Å². The summed E-state index contributed by atoms with van der Waals surface area (Å²) in [4.78, 5) is 20.9. The number of para-hydroxylation sites is 1. The number of nitrogens with two attached hydrogens (primary N) is 2. The van der Waals surface area contributed by atoms with E-state index in [2.05, 4.69) is 15.3 Å². The van der Waals surface area contributed by atoms with Gasteiger partial charge in [0.2, 0.25) is 0 Å². The van der Waals surface area contributed by atoms with E-state index < -0.39 is 0 Å². The molecule has 0 aliphatic carbocycles. The second kappa shape index (κ2) is 8.09. The smallest absolute Gasteiger partial charge is 0.200 e. The zero-order chi connectivity index (χ0) is 18.4. The van der Waals surface area contributed by atoms with Crippen LogP contribution in [0.15, 0.2) is 60.9 Å². The van der Waals surface area contributed by atoms with E-state index >= 15 is 0 Å². The molecule has 0 amide bonds. The van der Waals surface area contributed by atoms with Crippen molar-refractivity contribution in [2.45, 2.75) is 0 Å². The summed E-state index contributed by atoms with van der Waals surface area (Å²) in [6.45, 7) is 0.879. The summed E-state index contributed by atoms with van der Waals surface area (Å²) >= 11 is 0. The maximum Gasteiger partial charge on any atom is 0.200 e. The van der Waals surface area contributed by atoms with Gasteiger partial charge in [-0.05, 0) is 36.4 Å². The number of hydrogen-bond acceptors (Lipinski definition) is 7. The number of nitrogen functional groups attached to an aromatic ring is 1. The van der Waals surface area contributed by atoms with Gasteiger partial charge >= 0.3 is 0 Å². The predicted octanol–water partition coefficient (Wildman–Crippen LogP) is 2.45. The molecule has 0 atom stereocenters.